The van der Waals surface area contributed by atoms with Gasteiger partial charge in [0.15, 0.2) is 0 Å². The van der Waals surface area contributed by atoms with Gasteiger partial charge in [-0.15, -0.1) is 0 Å². The lowest BCUT2D eigenvalue weighted by atomic mass is 10.0. The van der Waals surface area contributed by atoms with Gasteiger partial charge in [-0.25, -0.2) is 0 Å². The molecular formula is C15H23F3N2. The lowest BCUT2D eigenvalue weighted by Gasteiger charge is -2.28. The van der Waals surface area contributed by atoms with Gasteiger partial charge in [0, 0.05) is 18.6 Å². The highest BCUT2D eigenvalue weighted by Gasteiger charge is 2.31. The summed E-state index contributed by atoms with van der Waals surface area (Å²) in [5, 5.41) is 3.10. The molecule has 2 unspecified atom stereocenters. The third kappa shape index (κ3) is 4.49. The molecule has 1 aromatic carbocycles. The molecule has 1 rings (SSSR count). The number of nitrogens with one attached hydrogen (secondary N) is 1. The fraction of sp³-hybridized carbons (Fsp3) is 0.600. The predicted octanol–water partition coefficient (Wildman–Crippen LogP) is 3.70. The summed E-state index contributed by atoms with van der Waals surface area (Å²) in [6.07, 6.45) is -3.29. The molecule has 5 heteroatoms. The highest BCUT2D eigenvalue weighted by molar-refractivity contribution is 5.28. The summed E-state index contributed by atoms with van der Waals surface area (Å²) in [7, 11) is 3.77. The zero-order valence-electron chi connectivity index (χ0n) is 12.5. The standard InChI is InChI=1S/C15H23F3N2/c1-5-11(2)20(4)10-14(19-3)12-7-6-8-13(9-12)15(16,17)18/h6-9,11,14,19H,5,10H2,1-4H3. The SMILES string of the molecule is CCC(C)N(C)CC(NC)c1cccc(C(F)(F)F)c1. The highest BCUT2D eigenvalue weighted by atomic mass is 19.4. The maximum Gasteiger partial charge on any atom is 0.416 e. The van der Waals surface area contributed by atoms with Crippen LogP contribution >= 0.6 is 0 Å². The fourth-order valence-corrected chi connectivity index (χ4v) is 2.07. The second kappa shape index (κ2) is 7.09. The number of hydrogen-bond donors (Lipinski definition) is 1. The van der Waals surface area contributed by atoms with E-state index in [9.17, 15) is 13.2 Å². The van der Waals surface area contributed by atoms with Crippen molar-refractivity contribution in [3.8, 4) is 0 Å². The molecule has 2 nitrogen and oxygen atoms in total. The Bertz CT molecular complexity index is 418. The molecule has 0 spiro atoms. The van der Waals surface area contributed by atoms with Gasteiger partial charge in [0.1, 0.15) is 0 Å². The largest absolute Gasteiger partial charge is 0.416 e. The Kier molecular flexibility index (Phi) is 6.02. The normalized spacial score (nSPS) is 15.4. The minimum atomic E-state index is -4.29. The van der Waals surface area contributed by atoms with E-state index in [1.165, 1.54) is 12.1 Å². The molecule has 114 valence electrons. The smallest absolute Gasteiger partial charge is 0.312 e. The maximum absolute atomic E-state index is 12.7. The summed E-state index contributed by atoms with van der Waals surface area (Å²) in [6, 6.07) is 5.82. The van der Waals surface area contributed by atoms with Crippen molar-refractivity contribution in [1.82, 2.24) is 10.2 Å². The summed E-state index contributed by atoms with van der Waals surface area (Å²) in [5.74, 6) is 0. The monoisotopic (exact) mass is 288 g/mol. The van der Waals surface area contributed by atoms with Gasteiger partial charge >= 0.3 is 6.18 Å². The Hall–Kier alpha value is -1.07. The molecule has 0 saturated carbocycles. The zero-order valence-corrected chi connectivity index (χ0v) is 12.5. The quantitative estimate of drug-likeness (QED) is 0.858. The number of benzene rings is 1. The zero-order chi connectivity index (χ0) is 15.3. The van der Waals surface area contributed by atoms with Crippen molar-refractivity contribution >= 4 is 0 Å². The second-order valence-corrected chi connectivity index (χ2v) is 5.16. The average Bonchev–Trinajstić information content (AvgIpc) is 2.42. The summed E-state index contributed by atoms with van der Waals surface area (Å²) in [5.41, 5.74) is 0.0684. The molecule has 0 radical (unpaired) electrons. The van der Waals surface area contributed by atoms with Crippen LogP contribution in [0.3, 0.4) is 0 Å². The Morgan fingerprint density at radius 1 is 1.30 bits per heavy atom. The van der Waals surface area contributed by atoms with Crippen molar-refractivity contribution in [2.45, 2.75) is 38.5 Å². The predicted molar refractivity (Wildman–Crippen MR) is 75.6 cm³/mol. The molecule has 0 aliphatic carbocycles. The molecule has 0 heterocycles. The van der Waals surface area contributed by atoms with Crippen molar-refractivity contribution in [3.63, 3.8) is 0 Å². The van der Waals surface area contributed by atoms with Crippen molar-refractivity contribution < 1.29 is 13.2 Å². The molecule has 0 aliphatic rings. The summed E-state index contributed by atoms with van der Waals surface area (Å²) < 4.78 is 38.2. The van der Waals surface area contributed by atoms with Gasteiger partial charge < -0.3 is 10.2 Å². The topological polar surface area (TPSA) is 15.3 Å². The number of likely N-dealkylation sites (N-methyl/N-ethyl adjacent to an activating group) is 2. The van der Waals surface area contributed by atoms with E-state index in [0.29, 0.717) is 18.2 Å². The van der Waals surface area contributed by atoms with Crippen LogP contribution in [0.25, 0.3) is 0 Å². The number of hydrogen-bond acceptors (Lipinski definition) is 2. The molecule has 0 aliphatic heterocycles. The second-order valence-electron chi connectivity index (χ2n) is 5.16. The van der Waals surface area contributed by atoms with E-state index in [1.54, 1.807) is 13.1 Å². The van der Waals surface area contributed by atoms with Gasteiger partial charge in [-0.3, -0.25) is 0 Å². The average molecular weight is 288 g/mol. The third-order valence-electron chi connectivity index (χ3n) is 3.78. The Balaban J connectivity index is 2.90. The highest BCUT2D eigenvalue weighted by Crippen LogP contribution is 2.30. The van der Waals surface area contributed by atoms with Crippen LogP contribution < -0.4 is 5.32 Å². The van der Waals surface area contributed by atoms with Gasteiger partial charge in [0.25, 0.3) is 0 Å². The molecule has 0 aromatic heterocycles. The van der Waals surface area contributed by atoms with Crippen LogP contribution in [0.1, 0.15) is 37.4 Å². The number of alkyl halides is 3. The van der Waals surface area contributed by atoms with Crippen molar-refractivity contribution in [1.29, 1.82) is 0 Å². The summed E-state index contributed by atoms with van der Waals surface area (Å²) in [6.45, 7) is 4.88. The Morgan fingerprint density at radius 2 is 1.95 bits per heavy atom. The van der Waals surface area contributed by atoms with Crippen LogP contribution in [-0.4, -0.2) is 31.6 Å². The van der Waals surface area contributed by atoms with Crippen LogP contribution in [0.15, 0.2) is 24.3 Å². The molecule has 0 amide bonds. The summed E-state index contributed by atoms with van der Waals surface area (Å²) >= 11 is 0. The van der Waals surface area contributed by atoms with Gasteiger partial charge in [0.05, 0.1) is 5.56 Å². The molecular weight excluding hydrogens is 265 g/mol. The molecule has 0 saturated heterocycles. The van der Waals surface area contributed by atoms with Crippen molar-refractivity contribution in [2.75, 3.05) is 20.6 Å². The number of halogens is 3. The van der Waals surface area contributed by atoms with E-state index in [0.717, 1.165) is 12.5 Å². The molecule has 0 bridgehead atoms. The molecule has 1 aromatic rings. The first-order valence-electron chi connectivity index (χ1n) is 6.84. The van der Waals surface area contributed by atoms with Crippen LogP contribution in [0.4, 0.5) is 13.2 Å². The van der Waals surface area contributed by atoms with E-state index in [2.05, 4.69) is 24.1 Å². The van der Waals surface area contributed by atoms with Gasteiger partial charge in [-0.05, 0) is 45.1 Å². The molecule has 0 fully saturated rings. The van der Waals surface area contributed by atoms with Crippen molar-refractivity contribution in [3.05, 3.63) is 35.4 Å². The minimum Gasteiger partial charge on any atom is -0.312 e. The minimum absolute atomic E-state index is 0.115. The summed E-state index contributed by atoms with van der Waals surface area (Å²) in [4.78, 5) is 2.15. The van der Waals surface area contributed by atoms with E-state index >= 15 is 0 Å². The van der Waals surface area contributed by atoms with Gasteiger partial charge in [-0.2, -0.15) is 13.2 Å². The first-order valence-corrected chi connectivity index (χ1v) is 6.84. The van der Waals surface area contributed by atoms with Crippen LogP contribution in [0.5, 0.6) is 0 Å². The van der Waals surface area contributed by atoms with E-state index in [1.807, 2.05) is 7.05 Å². The van der Waals surface area contributed by atoms with Crippen LogP contribution in [-0.2, 0) is 6.18 Å². The Morgan fingerprint density at radius 3 is 2.45 bits per heavy atom. The van der Waals surface area contributed by atoms with E-state index in [4.69, 9.17) is 0 Å². The Labute approximate surface area is 119 Å². The number of rotatable bonds is 6. The lowest BCUT2D eigenvalue weighted by molar-refractivity contribution is -0.137. The van der Waals surface area contributed by atoms with E-state index in [-0.39, 0.29) is 6.04 Å². The van der Waals surface area contributed by atoms with Crippen LogP contribution in [0.2, 0.25) is 0 Å². The lowest BCUT2D eigenvalue weighted by Crippen LogP contribution is -2.36. The van der Waals surface area contributed by atoms with Crippen molar-refractivity contribution in [2.24, 2.45) is 0 Å². The number of nitrogens with zero attached hydrogens (tertiary/aromatic N) is 1. The molecule has 2 atom stereocenters. The first-order chi connectivity index (χ1) is 9.29. The molecule has 20 heavy (non-hydrogen) atoms. The first kappa shape index (κ1) is 17.0. The third-order valence-corrected chi connectivity index (χ3v) is 3.78. The van der Waals surface area contributed by atoms with Gasteiger partial charge in [0.2, 0.25) is 0 Å². The van der Waals surface area contributed by atoms with Gasteiger partial charge in [-0.1, -0.05) is 19.1 Å². The maximum atomic E-state index is 12.7. The molecule has 1 N–H and O–H groups in total. The van der Waals surface area contributed by atoms with E-state index < -0.39 is 11.7 Å². The van der Waals surface area contributed by atoms with Crippen LogP contribution in [0, 0.1) is 0 Å². The fourth-order valence-electron chi connectivity index (χ4n) is 2.07.